The van der Waals surface area contributed by atoms with Gasteiger partial charge in [0.2, 0.25) is 0 Å². The van der Waals surface area contributed by atoms with Crippen molar-refractivity contribution in [1.82, 2.24) is 5.32 Å². The van der Waals surface area contributed by atoms with Crippen LogP contribution in [0.2, 0.25) is 0 Å². The highest BCUT2D eigenvalue weighted by Crippen LogP contribution is 2.17. The molecular weight excluding hydrogens is 210 g/mol. The van der Waals surface area contributed by atoms with Gasteiger partial charge in [0.15, 0.2) is 0 Å². The molecule has 0 amide bonds. The number of thioether (sulfide) groups is 1. The molecule has 0 saturated heterocycles. The van der Waals surface area contributed by atoms with Crippen molar-refractivity contribution in [3.63, 3.8) is 0 Å². The van der Waals surface area contributed by atoms with Gasteiger partial charge in [0.1, 0.15) is 5.54 Å². The summed E-state index contributed by atoms with van der Waals surface area (Å²) in [5.74, 6) is 0.360. The third-order valence-electron chi connectivity index (χ3n) is 2.55. The van der Waals surface area contributed by atoms with Crippen molar-refractivity contribution >= 4 is 17.7 Å². The topological polar surface area (TPSA) is 49.3 Å². The van der Waals surface area contributed by atoms with Gasteiger partial charge in [-0.1, -0.05) is 20.3 Å². The summed E-state index contributed by atoms with van der Waals surface area (Å²) in [5, 5.41) is 12.5. The maximum absolute atomic E-state index is 11.0. The molecule has 0 aromatic carbocycles. The van der Waals surface area contributed by atoms with Crippen LogP contribution in [0.25, 0.3) is 0 Å². The molecule has 0 aromatic rings. The minimum Gasteiger partial charge on any atom is -0.480 e. The second-order valence-corrected chi connectivity index (χ2v) is 5.95. The molecule has 15 heavy (non-hydrogen) atoms. The van der Waals surface area contributed by atoms with E-state index in [-0.39, 0.29) is 0 Å². The number of likely N-dealkylation sites (N-methyl/N-ethyl adjacent to an activating group) is 1. The Balaban J connectivity index is 3.69. The Bertz CT molecular complexity index is 197. The molecule has 90 valence electrons. The number of hydrogen-bond donors (Lipinski definition) is 2. The quantitative estimate of drug-likeness (QED) is 0.632. The molecule has 0 spiro atoms. The molecule has 4 heteroatoms. The Morgan fingerprint density at radius 2 is 2.07 bits per heavy atom. The Morgan fingerprint density at radius 3 is 2.47 bits per heavy atom. The van der Waals surface area contributed by atoms with Crippen molar-refractivity contribution in [3.8, 4) is 0 Å². The molecule has 0 radical (unpaired) electrons. The summed E-state index contributed by atoms with van der Waals surface area (Å²) in [6.07, 6.45) is 2.74. The number of aliphatic carboxylic acids is 1. The van der Waals surface area contributed by atoms with Gasteiger partial charge in [0.05, 0.1) is 0 Å². The molecule has 1 atom stereocenters. The van der Waals surface area contributed by atoms with E-state index in [9.17, 15) is 4.79 Å². The lowest BCUT2D eigenvalue weighted by atomic mass is 9.95. The fourth-order valence-corrected chi connectivity index (χ4v) is 2.08. The molecule has 3 nitrogen and oxygen atoms in total. The summed E-state index contributed by atoms with van der Waals surface area (Å²) in [7, 11) is 1.71. The molecule has 0 rings (SSSR count). The largest absolute Gasteiger partial charge is 0.480 e. The first-order valence-corrected chi connectivity index (χ1v) is 6.51. The van der Waals surface area contributed by atoms with E-state index in [1.54, 1.807) is 14.0 Å². The van der Waals surface area contributed by atoms with E-state index in [4.69, 9.17) is 5.11 Å². The standard InChI is InChI=1S/C11H23NO2S/c1-9(2)15-8-6-5-7-11(3,12-4)10(13)14/h9,12H,5-8H2,1-4H3,(H,13,14). The Hall–Kier alpha value is -0.220. The van der Waals surface area contributed by atoms with Crippen LogP contribution in [-0.2, 0) is 4.79 Å². The zero-order valence-corrected chi connectivity index (χ0v) is 11.0. The summed E-state index contributed by atoms with van der Waals surface area (Å²) in [6.45, 7) is 6.10. The highest BCUT2D eigenvalue weighted by molar-refractivity contribution is 7.99. The maximum Gasteiger partial charge on any atom is 0.323 e. The van der Waals surface area contributed by atoms with Crippen LogP contribution in [0.4, 0.5) is 0 Å². The minimum absolute atomic E-state index is 0.667. The van der Waals surface area contributed by atoms with Crippen molar-refractivity contribution in [1.29, 1.82) is 0 Å². The highest BCUT2D eigenvalue weighted by atomic mass is 32.2. The normalized spacial score (nSPS) is 15.3. The molecule has 0 aromatic heterocycles. The smallest absolute Gasteiger partial charge is 0.323 e. The van der Waals surface area contributed by atoms with Crippen LogP contribution in [0.15, 0.2) is 0 Å². The van der Waals surface area contributed by atoms with Crippen LogP contribution in [0.3, 0.4) is 0 Å². The van der Waals surface area contributed by atoms with Crippen LogP contribution < -0.4 is 5.32 Å². The van der Waals surface area contributed by atoms with E-state index in [1.165, 1.54) is 0 Å². The number of carboxylic acid groups (broad SMARTS) is 1. The lowest BCUT2D eigenvalue weighted by molar-refractivity contribution is -0.144. The van der Waals surface area contributed by atoms with Crippen molar-refractivity contribution in [2.45, 2.75) is 50.8 Å². The van der Waals surface area contributed by atoms with E-state index in [2.05, 4.69) is 19.2 Å². The second-order valence-electron chi connectivity index (χ2n) is 4.26. The Labute approximate surface area is 97.0 Å². The molecule has 0 aliphatic heterocycles. The fourth-order valence-electron chi connectivity index (χ4n) is 1.24. The first-order valence-electron chi connectivity index (χ1n) is 5.46. The Morgan fingerprint density at radius 1 is 1.47 bits per heavy atom. The Kier molecular flexibility index (Phi) is 7.02. The third kappa shape index (κ3) is 6.05. The average Bonchev–Trinajstić information content (AvgIpc) is 2.16. The van der Waals surface area contributed by atoms with E-state index >= 15 is 0 Å². The van der Waals surface area contributed by atoms with Crippen LogP contribution in [0.1, 0.15) is 40.0 Å². The zero-order valence-electron chi connectivity index (χ0n) is 10.2. The van der Waals surface area contributed by atoms with Gasteiger partial charge >= 0.3 is 5.97 Å². The van der Waals surface area contributed by atoms with Gasteiger partial charge in [-0.05, 0) is 37.8 Å². The molecule has 2 N–H and O–H groups in total. The van der Waals surface area contributed by atoms with Gasteiger partial charge in [0, 0.05) is 0 Å². The molecule has 0 aliphatic carbocycles. The summed E-state index contributed by atoms with van der Waals surface area (Å²) in [5.41, 5.74) is -0.761. The van der Waals surface area contributed by atoms with Crippen molar-refractivity contribution in [3.05, 3.63) is 0 Å². The summed E-state index contributed by atoms with van der Waals surface area (Å²) < 4.78 is 0. The van der Waals surface area contributed by atoms with Gasteiger partial charge in [0.25, 0.3) is 0 Å². The van der Waals surface area contributed by atoms with Crippen molar-refractivity contribution < 1.29 is 9.90 Å². The van der Waals surface area contributed by atoms with E-state index < -0.39 is 11.5 Å². The first kappa shape index (κ1) is 14.8. The number of hydrogen-bond acceptors (Lipinski definition) is 3. The predicted molar refractivity (Wildman–Crippen MR) is 66.5 cm³/mol. The molecule has 0 fully saturated rings. The van der Waals surface area contributed by atoms with Crippen molar-refractivity contribution in [2.24, 2.45) is 0 Å². The molecule has 1 unspecified atom stereocenters. The lowest BCUT2D eigenvalue weighted by Gasteiger charge is -2.23. The summed E-state index contributed by atoms with van der Waals surface area (Å²) in [6, 6.07) is 0. The number of nitrogens with one attached hydrogen (secondary N) is 1. The first-order chi connectivity index (χ1) is 6.92. The van der Waals surface area contributed by atoms with E-state index in [0.717, 1.165) is 18.6 Å². The third-order valence-corrected chi connectivity index (χ3v) is 3.74. The number of unbranched alkanes of at least 4 members (excludes halogenated alkanes) is 1. The van der Waals surface area contributed by atoms with Crippen LogP contribution >= 0.6 is 11.8 Å². The minimum atomic E-state index is -0.762. The van der Waals surface area contributed by atoms with Crippen LogP contribution in [-0.4, -0.2) is 34.7 Å². The molecule has 0 saturated carbocycles. The zero-order chi connectivity index (χ0) is 11.9. The highest BCUT2D eigenvalue weighted by Gasteiger charge is 2.29. The van der Waals surface area contributed by atoms with Gasteiger partial charge in [-0.3, -0.25) is 4.79 Å². The number of rotatable bonds is 8. The number of carbonyl (C=O) groups is 1. The van der Waals surface area contributed by atoms with Gasteiger partial charge in [-0.2, -0.15) is 11.8 Å². The van der Waals surface area contributed by atoms with E-state index in [1.807, 2.05) is 11.8 Å². The van der Waals surface area contributed by atoms with Crippen molar-refractivity contribution in [2.75, 3.05) is 12.8 Å². The SMILES string of the molecule is CNC(C)(CCCCSC(C)C)C(=O)O. The predicted octanol–water partition coefficient (Wildman–Crippen LogP) is 2.36. The summed E-state index contributed by atoms with van der Waals surface area (Å²) >= 11 is 1.93. The van der Waals surface area contributed by atoms with Crippen LogP contribution in [0.5, 0.6) is 0 Å². The fraction of sp³-hybridized carbons (Fsp3) is 0.909. The molecule has 0 bridgehead atoms. The molecule has 0 aliphatic rings. The summed E-state index contributed by atoms with van der Waals surface area (Å²) in [4.78, 5) is 11.0. The average molecular weight is 233 g/mol. The molecule has 0 heterocycles. The molecular formula is C11H23NO2S. The van der Waals surface area contributed by atoms with E-state index in [0.29, 0.717) is 11.7 Å². The lowest BCUT2D eigenvalue weighted by Crippen LogP contribution is -2.47. The van der Waals surface area contributed by atoms with Gasteiger partial charge < -0.3 is 10.4 Å². The van der Waals surface area contributed by atoms with Crippen LogP contribution in [0, 0.1) is 0 Å². The van der Waals surface area contributed by atoms with Gasteiger partial charge in [-0.25, -0.2) is 0 Å². The van der Waals surface area contributed by atoms with Gasteiger partial charge in [-0.15, -0.1) is 0 Å². The number of carboxylic acids is 1. The maximum atomic E-state index is 11.0. The second kappa shape index (κ2) is 7.12. The monoisotopic (exact) mass is 233 g/mol.